The van der Waals surface area contributed by atoms with Gasteiger partial charge in [0.25, 0.3) is 5.69 Å². The summed E-state index contributed by atoms with van der Waals surface area (Å²) < 4.78 is 15.3. The molecular formula is C21H26N2O7. The summed E-state index contributed by atoms with van der Waals surface area (Å²) in [7, 11) is 4.39. The Kier molecular flexibility index (Phi) is 8.57. The van der Waals surface area contributed by atoms with E-state index in [1.54, 1.807) is 14.2 Å². The lowest BCUT2D eigenvalue weighted by Crippen LogP contribution is -2.34. The monoisotopic (exact) mass is 418 g/mol. The number of methoxy groups -OCH3 is 3. The van der Waals surface area contributed by atoms with Gasteiger partial charge in [-0.2, -0.15) is 0 Å². The molecule has 0 aliphatic carbocycles. The number of hydrogen-bond acceptors (Lipinski definition) is 8. The number of aliphatic hydroxyl groups excluding tert-OH is 1. The number of esters is 1. The smallest absolute Gasteiger partial charge is 0.312 e. The first-order valence-corrected chi connectivity index (χ1v) is 9.33. The van der Waals surface area contributed by atoms with Crippen LogP contribution in [0.3, 0.4) is 0 Å². The van der Waals surface area contributed by atoms with Crippen LogP contribution >= 0.6 is 0 Å². The Morgan fingerprint density at radius 1 is 1.10 bits per heavy atom. The number of carbonyl (C=O) groups excluding carboxylic acids is 1. The number of nitro benzene ring substituents is 1. The van der Waals surface area contributed by atoms with Crippen molar-refractivity contribution in [2.75, 3.05) is 34.4 Å². The van der Waals surface area contributed by atoms with Crippen molar-refractivity contribution in [3.63, 3.8) is 0 Å². The summed E-state index contributed by atoms with van der Waals surface area (Å²) in [6.07, 6.45) is -0.492. The first-order chi connectivity index (χ1) is 14.4. The van der Waals surface area contributed by atoms with E-state index in [2.05, 4.69) is 5.32 Å². The number of benzene rings is 2. The van der Waals surface area contributed by atoms with E-state index in [1.807, 2.05) is 18.2 Å². The molecule has 0 bridgehead atoms. The van der Waals surface area contributed by atoms with Crippen molar-refractivity contribution < 1.29 is 29.0 Å². The molecule has 2 atom stereocenters. The molecule has 0 aliphatic heterocycles. The first kappa shape index (κ1) is 23.1. The number of ether oxygens (including phenoxy) is 3. The molecule has 0 amide bonds. The zero-order chi connectivity index (χ0) is 22.1. The molecule has 0 saturated carbocycles. The van der Waals surface area contributed by atoms with Crippen LogP contribution < -0.4 is 14.8 Å². The van der Waals surface area contributed by atoms with E-state index in [-0.39, 0.29) is 12.2 Å². The summed E-state index contributed by atoms with van der Waals surface area (Å²) in [6.45, 7) is 0.730. The number of aliphatic hydroxyl groups is 1. The summed E-state index contributed by atoms with van der Waals surface area (Å²) in [4.78, 5) is 22.4. The topological polar surface area (TPSA) is 120 Å². The third-order valence-electron chi connectivity index (χ3n) is 4.73. The first-order valence-electron chi connectivity index (χ1n) is 9.33. The molecule has 0 saturated heterocycles. The van der Waals surface area contributed by atoms with Crippen LogP contribution in [0.25, 0.3) is 0 Å². The minimum Gasteiger partial charge on any atom is -0.493 e. The van der Waals surface area contributed by atoms with Gasteiger partial charge >= 0.3 is 5.97 Å². The highest BCUT2D eigenvalue weighted by Gasteiger charge is 2.29. The Balaban J connectivity index is 1.98. The van der Waals surface area contributed by atoms with Gasteiger partial charge in [0, 0.05) is 18.7 Å². The van der Waals surface area contributed by atoms with E-state index in [9.17, 15) is 20.0 Å². The molecule has 30 heavy (non-hydrogen) atoms. The van der Waals surface area contributed by atoms with E-state index < -0.39 is 22.9 Å². The number of carbonyl (C=O) groups is 1. The molecule has 162 valence electrons. The highest BCUT2D eigenvalue weighted by atomic mass is 16.6. The van der Waals surface area contributed by atoms with Gasteiger partial charge in [-0.25, -0.2) is 0 Å². The maximum absolute atomic E-state index is 12.2. The fourth-order valence-electron chi connectivity index (χ4n) is 3.03. The van der Waals surface area contributed by atoms with Crippen LogP contribution in [0.1, 0.15) is 17.2 Å². The fourth-order valence-corrected chi connectivity index (χ4v) is 3.03. The fraction of sp³-hybridized carbons (Fsp3) is 0.381. The average Bonchev–Trinajstić information content (AvgIpc) is 2.78. The molecule has 0 heterocycles. The SMILES string of the molecule is COC(=O)C(CNCCc1ccc(OC)c(OC)c1)C(O)c1ccc([N+](=O)[O-])cc1. The third-order valence-corrected chi connectivity index (χ3v) is 4.73. The lowest BCUT2D eigenvalue weighted by molar-refractivity contribution is -0.384. The third kappa shape index (κ3) is 5.91. The van der Waals surface area contributed by atoms with Gasteiger partial charge in [0.05, 0.1) is 38.3 Å². The lowest BCUT2D eigenvalue weighted by Gasteiger charge is -2.21. The molecule has 0 radical (unpaired) electrons. The van der Waals surface area contributed by atoms with Crippen molar-refractivity contribution in [3.8, 4) is 11.5 Å². The molecule has 0 aliphatic rings. The normalized spacial score (nSPS) is 12.7. The van der Waals surface area contributed by atoms with Gasteiger partial charge < -0.3 is 24.6 Å². The molecule has 0 fully saturated rings. The van der Waals surface area contributed by atoms with Gasteiger partial charge in [0.2, 0.25) is 0 Å². The molecule has 9 nitrogen and oxygen atoms in total. The van der Waals surface area contributed by atoms with Crippen molar-refractivity contribution in [1.29, 1.82) is 0 Å². The molecular weight excluding hydrogens is 392 g/mol. The zero-order valence-corrected chi connectivity index (χ0v) is 17.2. The van der Waals surface area contributed by atoms with Gasteiger partial charge in [-0.05, 0) is 48.4 Å². The van der Waals surface area contributed by atoms with Gasteiger partial charge in [0.15, 0.2) is 11.5 Å². The predicted molar refractivity (Wildman–Crippen MR) is 110 cm³/mol. The van der Waals surface area contributed by atoms with Crippen LogP contribution in [0.2, 0.25) is 0 Å². The second-order valence-corrected chi connectivity index (χ2v) is 6.57. The summed E-state index contributed by atoms with van der Waals surface area (Å²) >= 11 is 0. The highest BCUT2D eigenvalue weighted by molar-refractivity contribution is 5.73. The molecule has 9 heteroatoms. The number of nitrogens with zero attached hydrogens (tertiary/aromatic N) is 1. The molecule has 2 unspecified atom stereocenters. The average molecular weight is 418 g/mol. The van der Waals surface area contributed by atoms with Crippen LogP contribution in [0.5, 0.6) is 11.5 Å². The van der Waals surface area contributed by atoms with Gasteiger partial charge in [0.1, 0.15) is 0 Å². The largest absolute Gasteiger partial charge is 0.493 e. The molecule has 2 rings (SSSR count). The Morgan fingerprint density at radius 2 is 1.77 bits per heavy atom. The lowest BCUT2D eigenvalue weighted by atomic mass is 9.95. The Hall–Kier alpha value is -3.17. The van der Waals surface area contributed by atoms with Crippen molar-refractivity contribution in [1.82, 2.24) is 5.32 Å². The summed E-state index contributed by atoms with van der Waals surface area (Å²) in [5.74, 6) is -0.149. The minimum absolute atomic E-state index is 0.0892. The molecule has 0 aromatic heterocycles. The quantitative estimate of drug-likeness (QED) is 0.247. The number of nitro groups is 1. The highest BCUT2D eigenvalue weighted by Crippen LogP contribution is 2.28. The van der Waals surface area contributed by atoms with E-state index >= 15 is 0 Å². The molecule has 2 aromatic carbocycles. The van der Waals surface area contributed by atoms with Gasteiger partial charge in [-0.3, -0.25) is 14.9 Å². The number of hydrogen-bond donors (Lipinski definition) is 2. The maximum atomic E-state index is 12.2. The molecule has 2 aromatic rings. The van der Waals surface area contributed by atoms with Gasteiger partial charge in [-0.1, -0.05) is 6.07 Å². The Bertz CT molecular complexity index is 855. The van der Waals surface area contributed by atoms with Gasteiger partial charge in [-0.15, -0.1) is 0 Å². The van der Waals surface area contributed by atoms with E-state index in [0.29, 0.717) is 30.0 Å². The van der Waals surface area contributed by atoms with Crippen LogP contribution in [-0.4, -0.2) is 50.4 Å². The number of non-ortho nitro benzene ring substituents is 1. The number of nitrogens with one attached hydrogen (secondary N) is 1. The standard InChI is InChI=1S/C21H26N2O7/c1-28-18-9-4-14(12-19(18)29-2)10-11-22-13-17(21(25)30-3)20(24)15-5-7-16(8-6-15)23(26)27/h4-9,12,17,20,22,24H,10-11,13H2,1-3H3. The second kappa shape index (κ2) is 11.1. The summed E-state index contributed by atoms with van der Waals surface area (Å²) in [5, 5.41) is 24.5. The number of rotatable bonds is 11. The summed E-state index contributed by atoms with van der Waals surface area (Å²) in [5.41, 5.74) is 1.33. The zero-order valence-electron chi connectivity index (χ0n) is 17.2. The van der Waals surface area contributed by atoms with Crippen LogP contribution in [-0.2, 0) is 16.0 Å². The van der Waals surface area contributed by atoms with Crippen LogP contribution in [0.15, 0.2) is 42.5 Å². The van der Waals surface area contributed by atoms with Crippen molar-refractivity contribution >= 4 is 11.7 Å². The molecule has 2 N–H and O–H groups in total. The minimum atomic E-state index is -1.16. The van der Waals surface area contributed by atoms with E-state index in [0.717, 1.165) is 5.56 Å². The predicted octanol–water partition coefficient (Wildman–Crippen LogP) is 2.27. The summed E-state index contributed by atoms with van der Waals surface area (Å²) in [6, 6.07) is 11.1. The van der Waals surface area contributed by atoms with Crippen molar-refractivity contribution in [2.45, 2.75) is 12.5 Å². The Labute approximate surface area is 174 Å². The van der Waals surface area contributed by atoms with E-state index in [1.165, 1.54) is 31.4 Å². The maximum Gasteiger partial charge on any atom is 0.312 e. The van der Waals surface area contributed by atoms with Crippen LogP contribution in [0.4, 0.5) is 5.69 Å². The van der Waals surface area contributed by atoms with Crippen molar-refractivity contribution in [3.05, 3.63) is 63.7 Å². The molecule has 0 spiro atoms. The van der Waals surface area contributed by atoms with E-state index in [4.69, 9.17) is 14.2 Å². The van der Waals surface area contributed by atoms with Crippen LogP contribution in [0, 0.1) is 16.0 Å². The second-order valence-electron chi connectivity index (χ2n) is 6.57. The van der Waals surface area contributed by atoms with Crippen molar-refractivity contribution in [2.24, 2.45) is 5.92 Å². The Morgan fingerprint density at radius 3 is 2.33 bits per heavy atom.